The number of nitrogens with zero attached hydrogens (tertiary/aromatic N) is 1. The molecule has 0 atom stereocenters. The van der Waals surface area contributed by atoms with Gasteiger partial charge in [-0.2, -0.15) is 0 Å². The Morgan fingerprint density at radius 2 is 1.92 bits per heavy atom. The highest BCUT2D eigenvalue weighted by Crippen LogP contribution is 2.32. The Balaban J connectivity index is 1.92. The third kappa shape index (κ3) is 3.88. The summed E-state index contributed by atoms with van der Waals surface area (Å²) in [6.45, 7) is 4.99. The maximum absolute atomic E-state index is 12.1. The molecule has 2 aromatic carbocycles. The highest BCUT2D eigenvalue weighted by molar-refractivity contribution is 7.97. The second-order valence-electron chi connectivity index (χ2n) is 6.75. The van der Waals surface area contributed by atoms with Gasteiger partial charge in [0.2, 0.25) is 0 Å². The van der Waals surface area contributed by atoms with Crippen molar-refractivity contribution in [1.82, 2.24) is 9.29 Å². The van der Waals surface area contributed by atoms with Crippen molar-refractivity contribution in [2.45, 2.75) is 13.8 Å². The lowest BCUT2D eigenvalue weighted by Gasteiger charge is -2.09. The average molecular weight is 369 g/mol. The van der Waals surface area contributed by atoms with Crippen LogP contribution in [0.2, 0.25) is 0 Å². The third-order valence-corrected chi connectivity index (χ3v) is 4.59. The smallest absolute Gasteiger partial charge is 0.261 e. The summed E-state index contributed by atoms with van der Waals surface area (Å²) in [5, 5.41) is 1.13. The van der Waals surface area contributed by atoms with Crippen LogP contribution in [0.4, 0.5) is 0 Å². The lowest BCUT2D eigenvalue weighted by molar-refractivity contribution is 0.0984. The predicted molar refractivity (Wildman–Crippen MR) is 110 cm³/mol. The molecule has 1 amide bonds. The molecular formula is C21H24N2O2S. The second kappa shape index (κ2) is 7.87. The number of aryl methyl sites for hydroxylation is 1. The number of ether oxygens (including phenoxy) is 1. The Labute approximate surface area is 158 Å². The minimum atomic E-state index is -0.0752. The molecule has 0 spiro atoms. The summed E-state index contributed by atoms with van der Waals surface area (Å²) in [6, 6.07) is 14.0. The molecule has 4 nitrogen and oxygen atoms in total. The van der Waals surface area contributed by atoms with E-state index >= 15 is 0 Å². The van der Waals surface area contributed by atoms with Gasteiger partial charge in [-0.25, -0.2) is 0 Å². The zero-order valence-corrected chi connectivity index (χ0v) is 16.4. The highest BCUT2D eigenvalue weighted by atomic mass is 32.2. The number of benzene rings is 2. The molecule has 0 radical (unpaired) electrons. The summed E-state index contributed by atoms with van der Waals surface area (Å²) in [7, 11) is 2.00. The Bertz CT molecular complexity index is 914. The molecular weight excluding hydrogens is 344 g/mol. The molecule has 0 bridgehead atoms. The number of carbonyl (C=O) groups is 1. The van der Waals surface area contributed by atoms with E-state index in [0.29, 0.717) is 18.1 Å². The maximum Gasteiger partial charge on any atom is 0.261 e. The first-order valence-electron chi connectivity index (χ1n) is 8.65. The van der Waals surface area contributed by atoms with Crippen LogP contribution in [0.25, 0.3) is 22.0 Å². The Hall–Kier alpha value is -2.40. The molecule has 5 heteroatoms. The molecule has 0 unspecified atom stereocenters. The van der Waals surface area contributed by atoms with E-state index in [2.05, 4.69) is 41.5 Å². The van der Waals surface area contributed by atoms with E-state index in [1.165, 1.54) is 11.9 Å². The van der Waals surface area contributed by atoms with E-state index in [9.17, 15) is 4.79 Å². The highest BCUT2D eigenvalue weighted by Gasteiger charge is 2.12. The fourth-order valence-electron chi connectivity index (χ4n) is 2.90. The van der Waals surface area contributed by atoms with E-state index in [-0.39, 0.29) is 5.91 Å². The number of rotatable bonds is 6. The molecule has 26 heavy (non-hydrogen) atoms. The SMILES string of the molecule is CSNC(=O)c1ccc2c(-c3ccc(OCC(C)C)cc3)cn(C)c2c1. The van der Waals surface area contributed by atoms with Crippen LogP contribution in [0.1, 0.15) is 24.2 Å². The molecule has 0 saturated carbocycles. The van der Waals surface area contributed by atoms with Crippen molar-refractivity contribution in [2.24, 2.45) is 13.0 Å². The van der Waals surface area contributed by atoms with Crippen molar-refractivity contribution >= 4 is 28.8 Å². The third-order valence-electron chi connectivity index (χ3n) is 4.20. The first kappa shape index (κ1) is 18.4. The lowest BCUT2D eigenvalue weighted by atomic mass is 10.0. The van der Waals surface area contributed by atoms with Gasteiger partial charge in [-0.3, -0.25) is 9.52 Å². The molecule has 136 valence electrons. The second-order valence-corrected chi connectivity index (χ2v) is 7.36. The van der Waals surface area contributed by atoms with Crippen LogP contribution in [0.3, 0.4) is 0 Å². The Kier molecular flexibility index (Phi) is 5.57. The average Bonchev–Trinajstić information content (AvgIpc) is 2.97. The minimum Gasteiger partial charge on any atom is -0.493 e. The number of aromatic nitrogens is 1. The van der Waals surface area contributed by atoms with Gasteiger partial charge < -0.3 is 9.30 Å². The molecule has 1 aromatic heterocycles. The summed E-state index contributed by atoms with van der Waals surface area (Å²) in [4.78, 5) is 12.1. The summed E-state index contributed by atoms with van der Waals surface area (Å²) in [5.74, 6) is 1.32. The number of fused-ring (bicyclic) bond motifs is 1. The monoisotopic (exact) mass is 368 g/mol. The maximum atomic E-state index is 12.1. The molecule has 0 aliphatic carbocycles. The molecule has 3 rings (SSSR count). The fraction of sp³-hybridized carbons (Fsp3) is 0.286. The number of hydrogen-bond donors (Lipinski definition) is 1. The van der Waals surface area contributed by atoms with Crippen molar-refractivity contribution in [3.05, 3.63) is 54.2 Å². The molecule has 1 N–H and O–H groups in total. The summed E-state index contributed by atoms with van der Waals surface area (Å²) in [6.07, 6.45) is 3.94. The van der Waals surface area contributed by atoms with E-state index in [4.69, 9.17) is 4.74 Å². The molecule has 0 fully saturated rings. The fourth-order valence-corrected chi connectivity index (χ4v) is 3.20. The molecule has 0 aliphatic rings. The van der Waals surface area contributed by atoms with Crippen LogP contribution >= 0.6 is 11.9 Å². The quantitative estimate of drug-likeness (QED) is 0.630. The zero-order chi connectivity index (χ0) is 18.7. The van der Waals surface area contributed by atoms with Gasteiger partial charge >= 0.3 is 0 Å². The van der Waals surface area contributed by atoms with Gasteiger partial charge in [0.1, 0.15) is 5.75 Å². The van der Waals surface area contributed by atoms with E-state index in [1.807, 2.05) is 43.6 Å². The van der Waals surface area contributed by atoms with Crippen LogP contribution in [0.15, 0.2) is 48.7 Å². The van der Waals surface area contributed by atoms with E-state index < -0.39 is 0 Å². The van der Waals surface area contributed by atoms with Gasteiger partial charge in [-0.1, -0.05) is 44.0 Å². The predicted octanol–water partition coefficient (Wildman–Crippen LogP) is 4.89. The largest absolute Gasteiger partial charge is 0.493 e. The van der Waals surface area contributed by atoms with Gasteiger partial charge in [0.25, 0.3) is 5.91 Å². The zero-order valence-electron chi connectivity index (χ0n) is 15.6. The van der Waals surface area contributed by atoms with E-state index in [1.54, 1.807) is 0 Å². The van der Waals surface area contributed by atoms with Gasteiger partial charge in [-0.15, -0.1) is 0 Å². The van der Waals surface area contributed by atoms with Gasteiger partial charge in [-0.05, 0) is 35.7 Å². The van der Waals surface area contributed by atoms with Crippen molar-refractivity contribution in [3.63, 3.8) is 0 Å². The van der Waals surface area contributed by atoms with Gasteiger partial charge in [0.15, 0.2) is 0 Å². The summed E-state index contributed by atoms with van der Waals surface area (Å²) in [5.41, 5.74) is 3.98. The van der Waals surface area contributed by atoms with Crippen LogP contribution in [-0.4, -0.2) is 23.3 Å². The summed E-state index contributed by atoms with van der Waals surface area (Å²) < 4.78 is 10.6. The van der Waals surface area contributed by atoms with Crippen molar-refractivity contribution < 1.29 is 9.53 Å². The van der Waals surface area contributed by atoms with Crippen molar-refractivity contribution in [2.75, 3.05) is 12.9 Å². The first-order chi connectivity index (χ1) is 12.5. The van der Waals surface area contributed by atoms with Crippen LogP contribution < -0.4 is 9.46 Å². The number of hydrogen-bond acceptors (Lipinski definition) is 3. The molecule has 0 aliphatic heterocycles. The number of nitrogens with one attached hydrogen (secondary N) is 1. The standard InChI is InChI=1S/C21H24N2O2S/c1-14(2)13-25-17-8-5-15(6-9-17)19-12-23(3)20-11-16(7-10-18(19)20)21(24)22-26-4/h5-12,14H,13H2,1-4H3,(H,22,24). The molecule has 1 heterocycles. The minimum absolute atomic E-state index is 0.0752. The Morgan fingerprint density at radius 3 is 2.58 bits per heavy atom. The van der Waals surface area contributed by atoms with Crippen molar-refractivity contribution in [3.8, 4) is 16.9 Å². The normalized spacial score (nSPS) is 11.1. The van der Waals surface area contributed by atoms with Gasteiger partial charge in [0.05, 0.1) is 6.61 Å². The van der Waals surface area contributed by atoms with Crippen LogP contribution in [0.5, 0.6) is 5.75 Å². The Morgan fingerprint density at radius 1 is 1.19 bits per heavy atom. The van der Waals surface area contributed by atoms with Crippen molar-refractivity contribution in [1.29, 1.82) is 0 Å². The topological polar surface area (TPSA) is 43.3 Å². The van der Waals surface area contributed by atoms with Crippen LogP contribution in [0, 0.1) is 5.92 Å². The lowest BCUT2D eigenvalue weighted by Crippen LogP contribution is -2.14. The number of carbonyl (C=O) groups excluding carboxylic acids is 1. The van der Waals surface area contributed by atoms with Gasteiger partial charge in [0, 0.05) is 41.5 Å². The van der Waals surface area contributed by atoms with Crippen LogP contribution in [-0.2, 0) is 7.05 Å². The molecule has 0 saturated heterocycles. The first-order valence-corrected chi connectivity index (χ1v) is 9.87. The van der Waals surface area contributed by atoms with E-state index in [0.717, 1.165) is 27.8 Å². The summed E-state index contributed by atoms with van der Waals surface area (Å²) >= 11 is 1.30. The number of amides is 1. The molecule has 3 aromatic rings.